The highest BCUT2D eigenvalue weighted by atomic mass is 35.5. The number of nitriles is 1. The number of ether oxygens (including phenoxy) is 1. The van der Waals surface area contributed by atoms with E-state index < -0.39 is 40.3 Å². The van der Waals surface area contributed by atoms with E-state index in [0.717, 1.165) is 0 Å². The summed E-state index contributed by atoms with van der Waals surface area (Å²) >= 11 is 12.1. The average molecular weight is 618 g/mol. The molecule has 13 heteroatoms. The van der Waals surface area contributed by atoms with Gasteiger partial charge in [-0.15, -0.1) is 0 Å². The van der Waals surface area contributed by atoms with Gasteiger partial charge in [0.2, 0.25) is 0 Å². The highest BCUT2D eigenvalue weighted by molar-refractivity contribution is 7.90. The summed E-state index contributed by atoms with van der Waals surface area (Å²) in [5.41, 5.74) is 6.82. The molecule has 0 bridgehead atoms. The molecule has 4 N–H and O–H groups in total. The second-order valence-corrected chi connectivity index (χ2v) is 11.9. The zero-order chi connectivity index (χ0) is 30.5. The minimum atomic E-state index is -4.18. The Morgan fingerprint density at radius 2 is 1.73 bits per heavy atom. The lowest BCUT2D eigenvalue weighted by atomic mass is 10.0. The van der Waals surface area contributed by atoms with Crippen LogP contribution in [0, 0.1) is 24.2 Å². The summed E-state index contributed by atoms with van der Waals surface area (Å²) < 4.78 is 32.8. The van der Waals surface area contributed by atoms with Gasteiger partial charge in [-0.1, -0.05) is 37.0 Å². The molecule has 3 aromatic rings. The minimum Gasteiger partial charge on any atom is -0.483 e. The quantitative estimate of drug-likeness (QED) is 0.284. The molecule has 3 rings (SSSR count). The molecule has 1 unspecified atom stereocenters. The van der Waals surface area contributed by atoms with Crippen LogP contribution in [-0.4, -0.2) is 38.7 Å². The molecule has 0 radical (unpaired) electrons. The minimum absolute atomic E-state index is 0.0569. The summed E-state index contributed by atoms with van der Waals surface area (Å²) in [6.45, 7) is 4.47. The zero-order valence-electron chi connectivity index (χ0n) is 22.2. The number of aryl methyl sites for hydroxylation is 1. The van der Waals surface area contributed by atoms with Crippen LogP contribution in [-0.2, 0) is 19.6 Å². The van der Waals surface area contributed by atoms with E-state index in [1.165, 1.54) is 54.6 Å². The Hall–Kier alpha value is -3.95. The van der Waals surface area contributed by atoms with Crippen molar-refractivity contribution in [3.63, 3.8) is 0 Å². The number of amides is 2. The van der Waals surface area contributed by atoms with Crippen LogP contribution in [0.2, 0.25) is 10.0 Å². The van der Waals surface area contributed by atoms with Gasteiger partial charge in [0.15, 0.2) is 12.4 Å². The van der Waals surface area contributed by atoms with Crippen LogP contribution in [0.25, 0.3) is 0 Å². The molecule has 0 spiro atoms. The Balaban J connectivity index is 1.73. The molecule has 0 aromatic heterocycles. The molecule has 0 aliphatic carbocycles. The highest BCUT2D eigenvalue weighted by Crippen LogP contribution is 2.27. The van der Waals surface area contributed by atoms with Crippen LogP contribution < -0.4 is 20.5 Å². The van der Waals surface area contributed by atoms with Crippen molar-refractivity contribution in [2.24, 2.45) is 11.7 Å². The first-order valence-electron chi connectivity index (χ1n) is 12.1. The molecule has 1 atom stereocenters. The van der Waals surface area contributed by atoms with Gasteiger partial charge in [0.25, 0.3) is 21.8 Å². The van der Waals surface area contributed by atoms with Crippen LogP contribution in [0.5, 0.6) is 5.75 Å². The highest BCUT2D eigenvalue weighted by Gasteiger charge is 2.25. The summed E-state index contributed by atoms with van der Waals surface area (Å²) in [6, 6.07) is 13.3. The predicted octanol–water partition coefficient (Wildman–Crippen LogP) is 4.21. The molecule has 0 fully saturated rings. The number of hydrogen-bond donors (Lipinski definition) is 3. The van der Waals surface area contributed by atoms with Gasteiger partial charge in [-0.25, -0.2) is 13.1 Å². The van der Waals surface area contributed by atoms with E-state index >= 15 is 0 Å². The monoisotopic (exact) mass is 616 g/mol. The van der Waals surface area contributed by atoms with Gasteiger partial charge in [-0.3, -0.25) is 14.4 Å². The van der Waals surface area contributed by atoms with E-state index in [9.17, 15) is 28.1 Å². The third-order valence-electron chi connectivity index (χ3n) is 5.87. The Labute approximate surface area is 247 Å². The van der Waals surface area contributed by atoms with Crippen LogP contribution >= 0.6 is 23.2 Å². The Morgan fingerprint density at radius 1 is 1.02 bits per heavy atom. The number of rotatable bonds is 10. The van der Waals surface area contributed by atoms with Gasteiger partial charge < -0.3 is 15.8 Å². The normalized spacial score (nSPS) is 11.9. The summed E-state index contributed by atoms with van der Waals surface area (Å²) in [5.74, 6) is -2.13. The van der Waals surface area contributed by atoms with E-state index in [-0.39, 0.29) is 43.3 Å². The van der Waals surface area contributed by atoms with Crippen molar-refractivity contribution in [1.82, 2.24) is 4.72 Å². The number of hydrogen-bond acceptors (Lipinski definition) is 8. The standard InChI is InChI=1S/C28H26Cl2N4O6S/c1-15(2)26(32)28(37)34-41(38,39)21-5-6-23(16(3)8-21)33-25(35)14-40-24-7-4-19(29)12-22(24)27(36)18-9-17(13-31)10-20(30)11-18/h4-12,15,26H,14,32H2,1-3H3,(H,33,35)(H,34,37). The van der Waals surface area contributed by atoms with Crippen LogP contribution in [0.3, 0.4) is 0 Å². The molecule has 10 nitrogen and oxygen atoms in total. The topological polar surface area (TPSA) is 168 Å². The summed E-state index contributed by atoms with van der Waals surface area (Å²) in [7, 11) is -4.18. The maximum Gasteiger partial charge on any atom is 0.264 e. The molecular weight excluding hydrogens is 591 g/mol. The first-order valence-corrected chi connectivity index (χ1v) is 14.4. The van der Waals surface area contributed by atoms with Crippen molar-refractivity contribution >= 4 is 56.5 Å². The number of carbonyl (C=O) groups is 3. The van der Waals surface area contributed by atoms with Crippen molar-refractivity contribution in [3.8, 4) is 11.8 Å². The number of benzene rings is 3. The van der Waals surface area contributed by atoms with Gasteiger partial charge in [-0.2, -0.15) is 5.26 Å². The fourth-order valence-electron chi connectivity index (χ4n) is 3.58. The van der Waals surface area contributed by atoms with E-state index in [1.54, 1.807) is 20.8 Å². The third kappa shape index (κ3) is 8.05. The lowest BCUT2D eigenvalue weighted by molar-refractivity contribution is -0.121. The number of nitrogens with one attached hydrogen (secondary N) is 2. The van der Waals surface area contributed by atoms with E-state index in [1.807, 2.05) is 10.8 Å². The number of nitrogens with zero attached hydrogens (tertiary/aromatic N) is 1. The fraction of sp³-hybridized carbons (Fsp3) is 0.214. The Bertz CT molecular complexity index is 1670. The molecule has 41 heavy (non-hydrogen) atoms. The first-order chi connectivity index (χ1) is 19.2. The number of halogens is 2. The van der Waals surface area contributed by atoms with Gasteiger partial charge >= 0.3 is 0 Å². The van der Waals surface area contributed by atoms with E-state index in [0.29, 0.717) is 11.3 Å². The molecule has 214 valence electrons. The van der Waals surface area contributed by atoms with Gasteiger partial charge in [0.05, 0.1) is 28.1 Å². The van der Waals surface area contributed by atoms with Crippen molar-refractivity contribution in [2.45, 2.75) is 31.7 Å². The first kappa shape index (κ1) is 31.6. The second kappa shape index (κ2) is 13.1. The molecule has 0 aliphatic rings. The Kier molecular flexibility index (Phi) is 10.1. The second-order valence-electron chi connectivity index (χ2n) is 9.36. The summed E-state index contributed by atoms with van der Waals surface area (Å²) in [4.78, 5) is 37.8. The number of sulfonamides is 1. The molecule has 0 saturated carbocycles. The number of ketones is 1. The van der Waals surface area contributed by atoms with Gasteiger partial charge in [0, 0.05) is 21.3 Å². The molecule has 0 saturated heterocycles. The maximum atomic E-state index is 13.2. The molecule has 3 aromatic carbocycles. The fourth-order valence-corrected chi connectivity index (χ4v) is 5.09. The number of anilines is 1. The van der Waals surface area contributed by atoms with Crippen molar-refractivity contribution < 1.29 is 27.5 Å². The summed E-state index contributed by atoms with van der Waals surface area (Å²) in [6.07, 6.45) is 0. The van der Waals surface area contributed by atoms with Crippen molar-refractivity contribution in [2.75, 3.05) is 11.9 Å². The van der Waals surface area contributed by atoms with E-state index in [4.69, 9.17) is 33.7 Å². The number of carbonyl (C=O) groups excluding carboxylic acids is 3. The van der Waals surface area contributed by atoms with Crippen LogP contribution in [0.15, 0.2) is 59.5 Å². The largest absolute Gasteiger partial charge is 0.483 e. The molecular formula is C28H26Cl2N4O6S. The predicted molar refractivity (Wildman–Crippen MR) is 154 cm³/mol. The lowest BCUT2D eigenvalue weighted by Crippen LogP contribution is -2.46. The van der Waals surface area contributed by atoms with E-state index in [2.05, 4.69) is 5.32 Å². The average Bonchev–Trinajstić information content (AvgIpc) is 2.91. The maximum absolute atomic E-state index is 13.2. The molecule has 0 heterocycles. The van der Waals surface area contributed by atoms with Crippen LogP contribution in [0.1, 0.15) is 40.9 Å². The smallest absolute Gasteiger partial charge is 0.264 e. The molecule has 2 amide bonds. The lowest BCUT2D eigenvalue weighted by Gasteiger charge is -2.16. The third-order valence-corrected chi connectivity index (χ3v) is 7.67. The zero-order valence-corrected chi connectivity index (χ0v) is 24.5. The van der Waals surface area contributed by atoms with Crippen molar-refractivity contribution in [3.05, 3.63) is 86.9 Å². The number of nitrogens with two attached hydrogens (primary N) is 1. The molecule has 0 aliphatic heterocycles. The van der Waals surface area contributed by atoms with Gasteiger partial charge in [0.1, 0.15) is 5.75 Å². The summed E-state index contributed by atoms with van der Waals surface area (Å²) in [5, 5.41) is 12.3. The SMILES string of the molecule is Cc1cc(S(=O)(=O)NC(=O)C(N)C(C)C)ccc1NC(=O)COc1ccc(Cl)cc1C(=O)c1cc(Cl)cc(C#N)c1. The van der Waals surface area contributed by atoms with Gasteiger partial charge in [-0.05, 0) is 73.0 Å². The van der Waals surface area contributed by atoms with Crippen molar-refractivity contribution in [1.29, 1.82) is 5.26 Å². The van der Waals surface area contributed by atoms with Crippen LogP contribution in [0.4, 0.5) is 5.69 Å². The Morgan fingerprint density at radius 3 is 2.37 bits per heavy atom.